The van der Waals surface area contributed by atoms with Crippen molar-refractivity contribution in [1.29, 1.82) is 0 Å². The highest BCUT2D eigenvalue weighted by atomic mass is 127. The number of fused-ring (bicyclic) bond motifs is 3. The van der Waals surface area contributed by atoms with E-state index in [1.807, 2.05) is 13.0 Å². The molecule has 0 radical (unpaired) electrons. The first-order valence-corrected chi connectivity index (χ1v) is 7.28. The standard InChI is InChI=1S/C14H11IOS/c1-7-5-10-9-3-4-12(16)8(2)14(9)17-13(10)6-11(7)15/h3-6,16H,1-2H3. The molecule has 86 valence electrons. The number of phenolic OH excluding ortho intramolecular Hbond substituents is 1. The Balaban J connectivity index is 2.54. The third-order valence-electron chi connectivity index (χ3n) is 3.14. The summed E-state index contributed by atoms with van der Waals surface area (Å²) < 4.78 is 3.79. The summed E-state index contributed by atoms with van der Waals surface area (Å²) in [5.74, 6) is 0.385. The SMILES string of the molecule is Cc1cc2c(cc1I)sc1c(C)c(O)ccc12. The molecule has 1 nitrogen and oxygen atoms in total. The predicted octanol–water partition coefficient (Wildman–Crippen LogP) is 4.98. The molecule has 0 spiro atoms. The van der Waals surface area contributed by atoms with Crippen LogP contribution in [0.25, 0.3) is 20.2 Å². The third kappa shape index (κ3) is 1.64. The van der Waals surface area contributed by atoms with E-state index in [-0.39, 0.29) is 0 Å². The van der Waals surface area contributed by atoms with Crippen LogP contribution in [-0.4, -0.2) is 5.11 Å². The Labute approximate surface area is 117 Å². The Morgan fingerprint density at radius 2 is 1.88 bits per heavy atom. The summed E-state index contributed by atoms with van der Waals surface area (Å²) in [4.78, 5) is 0. The van der Waals surface area contributed by atoms with Gasteiger partial charge >= 0.3 is 0 Å². The average molecular weight is 354 g/mol. The van der Waals surface area contributed by atoms with Gasteiger partial charge < -0.3 is 5.11 Å². The number of benzene rings is 2. The van der Waals surface area contributed by atoms with E-state index >= 15 is 0 Å². The molecule has 17 heavy (non-hydrogen) atoms. The third-order valence-corrected chi connectivity index (χ3v) is 5.59. The molecule has 0 aliphatic heterocycles. The number of rotatable bonds is 0. The highest BCUT2D eigenvalue weighted by Gasteiger charge is 2.10. The number of halogens is 1. The van der Waals surface area contributed by atoms with Gasteiger partial charge in [-0.2, -0.15) is 0 Å². The molecule has 0 aliphatic carbocycles. The first kappa shape index (κ1) is 11.3. The molecule has 0 aliphatic rings. The fourth-order valence-electron chi connectivity index (χ4n) is 2.09. The molecule has 1 aromatic heterocycles. The summed E-state index contributed by atoms with van der Waals surface area (Å²) in [5, 5.41) is 12.3. The number of aryl methyl sites for hydroxylation is 2. The molecular weight excluding hydrogens is 343 g/mol. The molecular formula is C14H11IOS. The fraction of sp³-hybridized carbons (Fsp3) is 0.143. The van der Waals surface area contributed by atoms with Crippen molar-refractivity contribution in [2.45, 2.75) is 13.8 Å². The lowest BCUT2D eigenvalue weighted by Crippen LogP contribution is -1.78. The van der Waals surface area contributed by atoms with Gasteiger partial charge in [0.05, 0.1) is 0 Å². The molecule has 0 bridgehead atoms. The van der Waals surface area contributed by atoms with Gasteiger partial charge in [-0.15, -0.1) is 11.3 Å². The lowest BCUT2D eigenvalue weighted by molar-refractivity contribution is 0.472. The summed E-state index contributed by atoms with van der Waals surface area (Å²) in [5.41, 5.74) is 2.29. The largest absolute Gasteiger partial charge is 0.508 e. The van der Waals surface area contributed by atoms with Gasteiger partial charge in [0, 0.05) is 29.3 Å². The Morgan fingerprint density at radius 1 is 1.12 bits per heavy atom. The zero-order valence-electron chi connectivity index (χ0n) is 9.54. The van der Waals surface area contributed by atoms with Crippen LogP contribution in [0.1, 0.15) is 11.1 Å². The van der Waals surface area contributed by atoms with Crippen LogP contribution in [0, 0.1) is 17.4 Å². The zero-order valence-corrected chi connectivity index (χ0v) is 12.5. The lowest BCUT2D eigenvalue weighted by atomic mass is 10.1. The summed E-state index contributed by atoms with van der Waals surface area (Å²) in [6.07, 6.45) is 0. The van der Waals surface area contributed by atoms with Crippen molar-refractivity contribution < 1.29 is 5.11 Å². The highest BCUT2D eigenvalue weighted by molar-refractivity contribution is 14.1. The predicted molar refractivity (Wildman–Crippen MR) is 83.2 cm³/mol. The molecule has 0 atom stereocenters. The smallest absolute Gasteiger partial charge is 0.119 e. The van der Waals surface area contributed by atoms with E-state index < -0.39 is 0 Å². The summed E-state index contributed by atoms with van der Waals surface area (Å²) >= 11 is 4.13. The minimum absolute atomic E-state index is 0.385. The van der Waals surface area contributed by atoms with Crippen molar-refractivity contribution in [3.8, 4) is 5.75 Å². The normalized spacial score (nSPS) is 11.5. The summed E-state index contributed by atoms with van der Waals surface area (Å²) in [7, 11) is 0. The molecule has 3 aromatic rings. The topological polar surface area (TPSA) is 20.2 Å². The van der Waals surface area contributed by atoms with Gasteiger partial charge in [-0.3, -0.25) is 0 Å². The molecule has 1 heterocycles. The maximum Gasteiger partial charge on any atom is 0.119 e. The number of hydrogen-bond acceptors (Lipinski definition) is 2. The number of thiophene rings is 1. The van der Waals surface area contributed by atoms with Gasteiger partial charge in [0.15, 0.2) is 0 Å². The van der Waals surface area contributed by atoms with Crippen LogP contribution in [0.3, 0.4) is 0 Å². The van der Waals surface area contributed by atoms with Crippen LogP contribution in [0.15, 0.2) is 24.3 Å². The second-order valence-corrected chi connectivity index (χ2v) is 6.50. The molecule has 3 heteroatoms. The Bertz CT molecular complexity index is 743. The van der Waals surface area contributed by atoms with E-state index in [9.17, 15) is 5.11 Å². The van der Waals surface area contributed by atoms with Crippen molar-refractivity contribution in [2.24, 2.45) is 0 Å². The van der Waals surface area contributed by atoms with Crippen molar-refractivity contribution in [1.82, 2.24) is 0 Å². The number of hydrogen-bond donors (Lipinski definition) is 1. The van der Waals surface area contributed by atoms with E-state index in [0.29, 0.717) is 5.75 Å². The van der Waals surface area contributed by atoms with Crippen molar-refractivity contribution >= 4 is 54.1 Å². The maximum atomic E-state index is 9.76. The van der Waals surface area contributed by atoms with Crippen molar-refractivity contribution in [3.05, 3.63) is 39.0 Å². The summed E-state index contributed by atoms with van der Waals surface area (Å²) in [6.45, 7) is 4.11. The first-order valence-electron chi connectivity index (χ1n) is 5.39. The quantitative estimate of drug-likeness (QED) is 0.565. The van der Waals surface area contributed by atoms with Crippen LogP contribution in [0.2, 0.25) is 0 Å². The minimum Gasteiger partial charge on any atom is -0.508 e. The van der Waals surface area contributed by atoms with E-state index in [2.05, 4.69) is 41.6 Å². The molecule has 0 saturated heterocycles. The molecule has 0 unspecified atom stereocenters. The van der Waals surface area contributed by atoms with Crippen LogP contribution in [0.5, 0.6) is 5.75 Å². The molecule has 0 fully saturated rings. The first-order chi connectivity index (χ1) is 8.08. The Kier molecular flexibility index (Phi) is 2.56. The lowest BCUT2D eigenvalue weighted by Gasteiger charge is -2.00. The molecule has 3 rings (SSSR count). The Morgan fingerprint density at radius 3 is 2.65 bits per heavy atom. The fourth-order valence-corrected chi connectivity index (χ4v) is 3.99. The second kappa shape index (κ2) is 3.85. The van der Waals surface area contributed by atoms with E-state index in [1.54, 1.807) is 17.4 Å². The van der Waals surface area contributed by atoms with E-state index in [4.69, 9.17) is 0 Å². The van der Waals surface area contributed by atoms with Crippen LogP contribution in [0.4, 0.5) is 0 Å². The van der Waals surface area contributed by atoms with Crippen LogP contribution < -0.4 is 0 Å². The number of phenols is 1. The van der Waals surface area contributed by atoms with Crippen molar-refractivity contribution in [3.63, 3.8) is 0 Å². The highest BCUT2D eigenvalue weighted by Crippen LogP contribution is 2.39. The van der Waals surface area contributed by atoms with Gasteiger partial charge in [0.1, 0.15) is 5.75 Å². The average Bonchev–Trinajstić information content (AvgIpc) is 2.63. The van der Waals surface area contributed by atoms with Gasteiger partial charge in [-0.05, 0) is 66.3 Å². The molecule has 1 N–H and O–H groups in total. The Hall–Kier alpha value is -0.810. The minimum atomic E-state index is 0.385. The van der Waals surface area contributed by atoms with Crippen LogP contribution in [-0.2, 0) is 0 Å². The van der Waals surface area contributed by atoms with E-state index in [1.165, 1.54) is 29.3 Å². The van der Waals surface area contributed by atoms with Crippen LogP contribution >= 0.6 is 33.9 Å². The second-order valence-electron chi connectivity index (χ2n) is 4.29. The van der Waals surface area contributed by atoms with Crippen molar-refractivity contribution in [2.75, 3.05) is 0 Å². The zero-order chi connectivity index (χ0) is 12.2. The molecule has 2 aromatic carbocycles. The number of aromatic hydroxyl groups is 1. The monoisotopic (exact) mass is 354 g/mol. The molecule has 0 amide bonds. The summed E-state index contributed by atoms with van der Waals surface area (Å²) in [6, 6.07) is 8.28. The van der Waals surface area contributed by atoms with E-state index in [0.717, 1.165) is 5.56 Å². The van der Waals surface area contributed by atoms with Gasteiger partial charge in [0.25, 0.3) is 0 Å². The molecule has 0 saturated carbocycles. The van der Waals surface area contributed by atoms with Gasteiger partial charge in [0.2, 0.25) is 0 Å². The maximum absolute atomic E-state index is 9.76. The van der Waals surface area contributed by atoms with Gasteiger partial charge in [-0.25, -0.2) is 0 Å². The van der Waals surface area contributed by atoms with Gasteiger partial charge in [-0.1, -0.05) is 0 Å².